The average Bonchev–Trinajstić information content (AvgIpc) is 3.55. The van der Waals surface area contributed by atoms with Gasteiger partial charge in [-0.1, -0.05) is 32.4 Å². The van der Waals surface area contributed by atoms with E-state index in [2.05, 4.69) is 10.1 Å². The molecule has 0 bridgehead atoms. The molecule has 0 radical (unpaired) electrons. The number of carbonyl (C=O) groups excluding carboxylic acids is 2. The molecule has 0 fully saturated rings. The highest BCUT2D eigenvalue weighted by molar-refractivity contribution is 7.16. The van der Waals surface area contributed by atoms with Crippen LogP contribution in [0.5, 0.6) is 5.75 Å². The van der Waals surface area contributed by atoms with Gasteiger partial charge in [-0.2, -0.15) is 9.78 Å². The van der Waals surface area contributed by atoms with Gasteiger partial charge in [-0.15, -0.1) is 22.7 Å². The fraction of sp³-hybridized carbons (Fsp3) is 0.292. The van der Waals surface area contributed by atoms with Gasteiger partial charge in [-0.3, -0.25) is 19.4 Å². The fourth-order valence-corrected chi connectivity index (χ4v) is 5.16. The summed E-state index contributed by atoms with van der Waals surface area (Å²) in [5.74, 6) is -0.311. The van der Waals surface area contributed by atoms with Crippen molar-refractivity contribution in [2.45, 2.75) is 33.9 Å². The maximum absolute atomic E-state index is 13.3. The zero-order valence-corrected chi connectivity index (χ0v) is 22.4. The van der Waals surface area contributed by atoms with Crippen molar-refractivity contribution in [1.82, 2.24) is 19.3 Å². The zero-order valence-electron chi connectivity index (χ0n) is 20.1. The number of hydrogen-bond acceptors (Lipinski definition) is 9. The molecular weight excluding hydrogens is 522 g/mol. The maximum Gasteiger partial charge on any atom is 0.254 e. The van der Waals surface area contributed by atoms with Crippen LogP contribution in [0.15, 0.2) is 47.0 Å². The van der Waals surface area contributed by atoms with E-state index in [4.69, 9.17) is 11.6 Å². The average molecular weight is 546 g/mol. The summed E-state index contributed by atoms with van der Waals surface area (Å²) in [6, 6.07) is 6.44. The third-order valence-corrected chi connectivity index (χ3v) is 7.37. The highest BCUT2D eigenvalue weighted by Crippen LogP contribution is 2.32. The van der Waals surface area contributed by atoms with Crippen molar-refractivity contribution in [2.24, 2.45) is 5.41 Å². The molecule has 0 unspecified atom stereocenters. The molecule has 1 N–H and O–H groups in total. The second-order valence-electron chi connectivity index (χ2n) is 9.24. The molecule has 4 rings (SSSR count). The second-order valence-corrected chi connectivity index (χ2v) is 11.9. The largest absolute Gasteiger partial charge is 0.507 e. The van der Waals surface area contributed by atoms with E-state index in [0.717, 1.165) is 10.9 Å². The summed E-state index contributed by atoms with van der Waals surface area (Å²) < 4.78 is 3.18. The smallest absolute Gasteiger partial charge is 0.254 e. The Bertz CT molecular complexity index is 1480. The van der Waals surface area contributed by atoms with Crippen LogP contribution in [0, 0.1) is 5.41 Å². The van der Waals surface area contributed by atoms with Crippen molar-refractivity contribution in [2.75, 3.05) is 11.9 Å². The third kappa shape index (κ3) is 5.43. The van der Waals surface area contributed by atoms with E-state index in [0.29, 0.717) is 21.6 Å². The molecule has 0 amide bonds. The van der Waals surface area contributed by atoms with Crippen molar-refractivity contribution >= 4 is 51.8 Å². The molecule has 0 aliphatic carbocycles. The van der Waals surface area contributed by atoms with E-state index < -0.39 is 11.0 Å². The summed E-state index contributed by atoms with van der Waals surface area (Å²) >= 11 is 8.70. The molecule has 0 atom stereocenters. The number of Topliss-reactive ketones (excluding diaryl/α,β-unsaturated/α-hetero) is 1. The topological polar surface area (TPSA) is 110 Å². The summed E-state index contributed by atoms with van der Waals surface area (Å²) in [6.45, 7) is 5.64. The molecule has 36 heavy (non-hydrogen) atoms. The number of hydrogen-bond donors (Lipinski definition) is 1. The Labute approximate surface area is 220 Å². The van der Waals surface area contributed by atoms with Gasteiger partial charge in [-0.25, -0.2) is 0 Å². The quantitative estimate of drug-likeness (QED) is 0.332. The van der Waals surface area contributed by atoms with Crippen LogP contribution in [-0.4, -0.2) is 43.2 Å². The molecule has 0 aliphatic rings. The number of carbonyl (C=O) groups is 2. The molecule has 0 saturated heterocycles. The molecule has 0 saturated carbocycles. The Balaban J connectivity index is 1.75. The first-order valence-electron chi connectivity index (χ1n) is 10.9. The molecule has 4 aromatic heterocycles. The first-order valence-corrected chi connectivity index (χ1v) is 13.0. The van der Waals surface area contributed by atoms with Gasteiger partial charge in [0.15, 0.2) is 5.78 Å². The van der Waals surface area contributed by atoms with Crippen LogP contribution in [0.4, 0.5) is 5.82 Å². The van der Waals surface area contributed by atoms with Gasteiger partial charge in [0.2, 0.25) is 0 Å². The molecule has 0 aromatic carbocycles. The number of thiophene rings is 1. The van der Waals surface area contributed by atoms with Crippen LogP contribution in [0.1, 0.15) is 40.1 Å². The van der Waals surface area contributed by atoms with E-state index in [-0.39, 0.29) is 35.2 Å². The summed E-state index contributed by atoms with van der Waals surface area (Å²) in [6.07, 6.45) is 2.83. The van der Waals surface area contributed by atoms with Gasteiger partial charge in [-0.05, 0) is 12.1 Å². The van der Waals surface area contributed by atoms with E-state index in [1.165, 1.54) is 44.3 Å². The molecule has 4 aromatic rings. The SMILES string of the molecule is CN(Cc1ccc(Cl)s1)c1cc(-c2cn(CC(=O)c3cncs3)c(=O)cc2O)nn1C(=O)C(C)(C)C. The van der Waals surface area contributed by atoms with Crippen LogP contribution in [0.3, 0.4) is 0 Å². The Morgan fingerprint density at radius 3 is 2.58 bits per heavy atom. The second kappa shape index (κ2) is 10.00. The van der Waals surface area contributed by atoms with Crippen LogP contribution in [-0.2, 0) is 13.1 Å². The summed E-state index contributed by atoms with van der Waals surface area (Å²) in [5.41, 5.74) is 0.786. The standard InChI is InChI=1S/C24H24ClN5O4S2/c1-24(2,3)23(34)30-21(28(4)10-14-5-6-20(25)36-14)7-16(27-30)15-11-29(22(33)8-17(15)31)12-18(32)19-9-26-13-35-19/h5-9,11,13,31H,10,12H2,1-4H3. The molecule has 0 aliphatic heterocycles. The van der Waals surface area contributed by atoms with Gasteiger partial charge >= 0.3 is 0 Å². The lowest BCUT2D eigenvalue weighted by Gasteiger charge is -2.22. The molecule has 9 nitrogen and oxygen atoms in total. The summed E-state index contributed by atoms with van der Waals surface area (Å²) in [5, 5.41) is 15.1. The normalized spacial score (nSPS) is 11.6. The summed E-state index contributed by atoms with van der Waals surface area (Å²) in [7, 11) is 1.83. The Morgan fingerprint density at radius 1 is 1.22 bits per heavy atom. The molecular formula is C24H24ClN5O4S2. The minimum absolute atomic E-state index is 0.220. The number of aromatic nitrogens is 4. The van der Waals surface area contributed by atoms with E-state index >= 15 is 0 Å². The number of rotatable bonds is 7. The third-order valence-electron chi connectivity index (χ3n) is 5.34. The Kier molecular flexibility index (Phi) is 7.17. The predicted octanol–water partition coefficient (Wildman–Crippen LogP) is 4.79. The number of nitrogens with zero attached hydrogens (tertiary/aromatic N) is 5. The van der Waals surface area contributed by atoms with Crippen LogP contribution in [0.25, 0.3) is 11.3 Å². The van der Waals surface area contributed by atoms with Gasteiger partial charge < -0.3 is 14.6 Å². The van der Waals surface area contributed by atoms with Crippen LogP contribution >= 0.6 is 34.3 Å². The van der Waals surface area contributed by atoms with Gasteiger partial charge in [0, 0.05) is 41.9 Å². The summed E-state index contributed by atoms with van der Waals surface area (Å²) in [4.78, 5) is 45.5. The lowest BCUT2D eigenvalue weighted by molar-refractivity contribution is 0.0751. The molecule has 188 valence electrons. The minimum atomic E-state index is -0.729. The highest BCUT2D eigenvalue weighted by atomic mass is 35.5. The lowest BCUT2D eigenvalue weighted by atomic mass is 9.96. The predicted molar refractivity (Wildman–Crippen MR) is 142 cm³/mol. The van der Waals surface area contributed by atoms with Crippen molar-refractivity contribution in [1.29, 1.82) is 0 Å². The zero-order chi connectivity index (χ0) is 26.2. The number of anilines is 1. The number of ketones is 1. The van der Waals surface area contributed by atoms with Crippen molar-refractivity contribution in [3.05, 3.63) is 66.6 Å². The lowest BCUT2D eigenvalue weighted by Crippen LogP contribution is -2.31. The first-order chi connectivity index (χ1) is 16.9. The van der Waals surface area contributed by atoms with E-state index in [1.807, 2.05) is 24.1 Å². The van der Waals surface area contributed by atoms with Crippen molar-refractivity contribution in [3.63, 3.8) is 0 Å². The number of pyridine rings is 1. The fourth-order valence-electron chi connectivity index (χ4n) is 3.46. The Morgan fingerprint density at radius 2 is 1.97 bits per heavy atom. The van der Waals surface area contributed by atoms with Gasteiger partial charge in [0.05, 0.1) is 33.4 Å². The monoisotopic (exact) mass is 545 g/mol. The number of halogens is 1. The van der Waals surface area contributed by atoms with Crippen LogP contribution in [0.2, 0.25) is 4.34 Å². The van der Waals surface area contributed by atoms with Crippen molar-refractivity contribution in [3.8, 4) is 17.0 Å². The first kappa shape index (κ1) is 25.8. The van der Waals surface area contributed by atoms with Gasteiger partial charge in [0.1, 0.15) is 17.3 Å². The maximum atomic E-state index is 13.3. The minimum Gasteiger partial charge on any atom is -0.507 e. The van der Waals surface area contributed by atoms with E-state index in [1.54, 1.807) is 32.3 Å². The van der Waals surface area contributed by atoms with Crippen LogP contribution < -0.4 is 10.5 Å². The Hall–Kier alpha value is -3.28. The molecule has 12 heteroatoms. The number of aromatic hydroxyl groups is 1. The van der Waals surface area contributed by atoms with E-state index in [9.17, 15) is 19.5 Å². The van der Waals surface area contributed by atoms with Crippen molar-refractivity contribution < 1.29 is 14.7 Å². The van der Waals surface area contributed by atoms with Gasteiger partial charge in [0.25, 0.3) is 11.5 Å². The highest BCUT2D eigenvalue weighted by Gasteiger charge is 2.29. The molecule has 0 spiro atoms. The number of thiazole rings is 1. The molecule has 4 heterocycles.